The standard InChI is InChI=1S/C16H29N3O2S/c1-4-17-16(19-13-15-14(2)7-12-22-15)18-8-5-6-9-21-11-10-20-3/h7,12H,4-6,8-11,13H2,1-3H3,(H2,17,18,19). The number of aryl methyl sites for hydroxylation is 1. The average molecular weight is 327 g/mol. The molecule has 1 heterocycles. The van der Waals surface area contributed by atoms with E-state index in [-0.39, 0.29) is 0 Å². The minimum atomic E-state index is 0.664. The number of rotatable bonds is 11. The molecule has 1 aromatic heterocycles. The first-order valence-corrected chi connectivity index (χ1v) is 8.77. The van der Waals surface area contributed by atoms with Crippen molar-refractivity contribution in [3.8, 4) is 0 Å². The highest BCUT2D eigenvalue weighted by Crippen LogP contribution is 2.16. The van der Waals surface area contributed by atoms with Crippen LogP contribution in [0.25, 0.3) is 0 Å². The molecule has 0 aliphatic carbocycles. The van der Waals surface area contributed by atoms with Crippen molar-refractivity contribution in [2.45, 2.75) is 33.2 Å². The molecule has 22 heavy (non-hydrogen) atoms. The number of thiophene rings is 1. The zero-order valence-electron chi connectivity index (χ0n) is 14.0. The molecular weight excluding hydrogens is 298 g/mol. The van der Waals surface area contributed by atoms with E-state index in [0.717, 1.165) is 45.0 Å². The minimum absolute atomic E-state index is 0.664. The molecule has 1 rings (SSSR count). The lowest BCUT2D eigenvalue weighted by molar-refractivity contribution is 0.0689. The van der Waals surface area contributed by atoms with Crippen molar-refractivity contribution < 1.29 is 9.47 Å². The number of methoxy groups -OCH3 is 1. The van der Waals surface area contributed by atoms with E-state index in [1.807, 2.05) is 0 Å². The Kier molecular flexibility index (Phi) is 10.7. The zero-order chi connectivity index (χ0) is 16.0. The fraction of sp³-hybridized carbons (Fsp3) is 0.688. The van der Waals surface area contributed by atoms with E-state index in [4.69, 9.17) is 9.47 Å². The van der Waals surface area contributed by atoms with Crippen molar-refractivity contribution in [3.05, 3.63) is 21.9 Å². The summed E-state index contributed by atoms with van der Waals surface area (Å²) in [5.74, 6) is 0.885. The van der Waals surface area contributed by atoms with E-state index < -0.39 is 0 Å². The molecule has 0 aliphatic heterocycles. The summed E-state index contributed by atoms with van der Waals surface area (Å²) >= 11 is 1.76. The first kappa shape index (κ1) is 18.9. The summed E-state index contributed by atoms with van der Waals surface area (Å²) in [6, 6.07) is 2.14. The van der Waals surface area contributed by atoms with Crippen LogP contribution in [0.5, 0.6) is 0 Å². The van der Waals surface area contributed by atoms with Gasteiger partial charge in [0.15, 0.2) is 5.96 Å². The number of nitrogens with one attached hydrogen (secondary N) is 2. The van der Waals surface area contributed by atoms with Crippen LogP contribution in [-0.4, -0.2) is 46.0 Å². The third-order valence-electron chi connectivity index (χ3n) is 3.13. The van der Waals surface area contributed by atoms with Crippen LogP contribution < -0.4 is 10.6 Å². The van der Waals surface area contributed by atoms with Crippen molar-refractivity contribution in [2.24, 2.45) is 4.99 Å². The molecule has 0 unspecified atom stereocenters. The average Bonchev–Trinajstić information content (AvgIpc) is 2.92. The van der Waals surface area contributed by atoms with Crippen molar-refractivity contribution >= 4 is 17.3 Å². The lowest BCUT2D eigenvalue weighted by Crippen LogP contribution is -2.37. The van der Waals surface area contributed by atoms with Crippen molar-refractivity contribution in [1.29, 1.82) is 0 Å². The Hall–Kier alpha value is -1.11. The van der Waals surface area contributed by atoms with Gasteiger partial charge in [0.2, 0.25) is 0 Å². The van der Waals surface area contributed by atoms with E-state index in [2.05, 4.69) is 40.9 Å². The Labute approximate surface area is 138 Å². The number of nitrogens with zero attached hydrogens (tertiary/aromatic N) is 1. The monoisotopic (exact) mass is 327 g/mol. The Bertz CT molecular complexity index is 421. The van der Waals surface area contributed by atoms with Crippen LogP contribution in [0.15, 0.2) is 16.4 Å². The van der Waals surface area contributed by atoms with Crippen LogP contribution >= 0.6 is 11.3 Å². The number of unbranched alkanes of at least 4 members (excludes halogenated alkanes) is 1. The van der Waals surface area contributed by atoms with Gasteiger partial charge in [0.25, 0.3) is 0 Å². The zero-order valence-corrected chi connectivity index (χ0v) is 14.8. The number of hydrogen-bond acceptors (Lipinski definition) is 4. The summed E-state index contributed by atoms with van der Waals surface area (Å²) < 4.78 is 10.4. The summed E-state index contributed by atoms with van der Waals surface area (Å²) in [6.07, 6.45) is 2.11. The van der Waals surface area contributed by atoms with E-state index in [9.17, 15) is 0 Å². The van der Waals surface area contributed by atoms with E-state index in [1.54, 1.807) is 18.4 Å². The van der Waals surface area contributed by atoms with Crippen molar-refractivity contribution in [2.75, 3.05) is 40.0 Å². The van der Waals surface area contributed by atoms with Crippen LogP contribution in [0.3, 0.4) is 0 Å². The highest BCUT2D eigenvalue weighted by Gasteiger charge is 2.00. The normalized spacial score (nSPS) is 11.7. The topological polar surface area (TPSA) is 54.9 Å². The maximum atomic E-state index is 5.44. The molecule has 0 bridgehead atoms. The van der Waals surface area contributed by atoms with Gasteiger partial charge in [0.05, 0.1) is 19.8 Å². The number of aliphatic imine (C=N–C) groups is 1. The summed E-state index contributed by atoms with van der Waals surface area (Å²) in [5.41, 5.74) is 1.32. The van der Waals surface area contributed by atoms with Gasteiger partial charge in [-0.15, -0.1) is 11.3 Å². The molecule has 0 amide bonds. The van der Waals surface area contributed by atoms with Crippen LogP contribution in [0, 0.1) is 6.92 Å². The summed E-state index contributed by atoms with van der Waals surface area (Å²) in [5, 5.41) is 8.76. The van der Waals surface area contributed by atoms with Gasteiger partial charge in [-0.3, -0.25) is 0 Å². The van der Waals surface area contributed by atoms with Gasteiger partial charge in [-0.25, -0.2) is 4.99 Å². The van der Waals surface area contributed by atoms with E-state index in [1.165, 1.54) is 10.4 Å². The predicted molar refractivity (Wildman–Crippen MR) is 93.8 cm³/mol. The Morgan fingerprint density at radius 3 is 2.77 bits per heavy atom. The Morgan fingerprint density at radius 2 is 2.09 bits per heavy atom. The van der Waals surface area contributed by atoms with Crippen LogP contribution in [0.1, 0.15) is 30.2 Å². The molecule has 0 fully saturated rings. The van der Waals surface area contributed by atoms with Crippen LogP contribution in [0.4, 0.5) is 0 Å². The number of ether oxygens (including phenoxy) is 2. The van der Waals surface area contributed by atoms with Gasteiger partial charge in [-0.1, -0.05) is 0 Å². The summed E-state index contributed by atoms with van der Waals surface area (Å²) in [4.78, 5) is 5.96. The lowest BCUT2D eigenvalue weighted by Gasteiger charge is -2.11. The highest BCUT2D eigenvalue weighted by atomic mass is 32.1. The molecular formula is C16H29N3O2S. The van der Waals surface area contributed by atoms with Gasteiger partial charge in [-0.05, 0) is 43.7 Å². The van der Waals surface area contributed by atoms with Crippen molar-refractivity contribution in [3.63, 3.8) is 0 Å². The minimum Gasteiger partial charge on any atom is -0.382 e. The molecule has 126 valence electrons. The Morgan fingerprint density at radius 1 is 1.23 bits per heavy atom. The lowest BCUT2D eigenvalue weighted by atomic mass is 10.3. The van der Waals surface area contributed by atoms with Gasteiger partial charge >= 0.3 is 0 Å². The first-order valence-electron chi connectivity index (χ1n) is 7.89. The van der Waals surface area contributed by atoms with Crippen LogP contribution in [0.2, 0.25) is 0 Å². The third kappa shape index (κ3) is 8.36. The SMILES string of the molecule is CCNC(=NCc1sccc1C)NCCCCOCCOC. The highest BCUT2D eigenvalue weighted by molar-refractivity contribution is 7.10. The van der Waals surface area contributed by atoms with Gasteiger partial charge in [-0.2, -0.15) is 0 Å². The van der Waals surface area contributed by atoms with E-state index >= 15 is 0 Å². The second-order valence-electron chi connectivity index (χ2n) is 4.96. The number of hydrogen-bond donors (Lipinski definition) is 2. The molecule has 1 aromatic rings. The maximum absolute atomic E-state index is 5.44. The second-order valence-corrected chi connectivity index (χ2v) is 5.96. The number of guanidine groups is 1. The molecule has 0 spiro atoms. The van der Waals surface area contributed by atoms with Crippen molar-refractivity contribution in [1.82, 2.24) is 10.6 Å². The van der Waals surface area contributed by atoms with Crippen LogP contribution in [-0.2, 0) is 16.0 Å². The van der Waals surface area contributed by atoms with Gasteiger partial charge in [0.1, 0.15) is 0 Å². The van der Waals surface area contributed by atoms with Gasteiger partial charge in [0, 0.05) is 31.7 Å². The molecule has 2 N–H and O–H groups in total. The molecule has 0 aliphatic rings. The second kappa shape index (κ2) is 12.4. The molecule has 0 saturated heterocycles. The smallest absolute Gasteiger partial charge is 0.191 e. The summed E-state index contributed by atoms with van der Waals surface area (Å²) in [7, 11) is 1.69. The third-order valence-corrected chi connectivity index (χ3v) is 4.14. The molecule has 0 atom stereocenters. The maximum Gasteiger partial charge on any atom is 0.191 e. The quantitative estimate of drug-likeness (QED) is 0.373. The molecule has 6 heteroatoms. The van der Waals surface area contributed by atoms with E-state index in [0.29, 0.717) is 13.2 Å². The first-order chi connectivity index (χ1) is 10.8. The molecule has 0 radical (unpaired) electrons. The molecule has 5 nitrogen and oxygen atoms in total. The molecule has 0 saturated carbocycles. The largest absolute Gasteiger partial charge is 0.382 e. The Balaban J connectivity index is 2.19. The fourth-order valence-corrected chi connectivity index (χ4v) is 2.67. The molecule has 0 aromatic carbocycles. The fourth-order valence-electron chi connectivity index (χ4n) is 1.84. The predicted octanol–water partition coefficient (Wildman–Crippen LogP) is 2.55. The summed E-state index contributed by atoms with van der Waals surface area (Å²) in [6.45, 7) is 8.85. The van der Waals surface area contributed by atoms with Gasteiger partial charge < -0.3 is 20.1 Å².